The third kappa shape index (κ3) is 3.99. The highest BCUT2D eigenvalue weighted by molar-refractivity contribution is 6.30. The van der Waals surface area contributed by atoms with E-state index in [1.165, 1.54) is 24.7 Å². The summed E-state index contributed by atoms with van der Waals surface area (Å²) < 4.78 is 1.73. The summed E-state index contributed by atoms with van der Waals surface area (Å²) in [6.45, 7) is 4.63. The molecule has 1 N–H and O–H groups in total. The molecule has 1 amide bonds. The van der Waals surface area contributed by atoms with E-state index in [1.807, 2.05) is 26.0 Å². The lowest BCUT2D eigenvalue weighted by atomic mass is 9.79. The molecule has 6 nitrogen and oxygen atoms in total. The summed E-state index contributed by atoms with van der Waals surface area (Å²) in [6, 6.07) is 8.09. The van der Waals surface area contributed by atoms with Gasteiger partial charge in [-0.15, -0.1) is 0 Å². The van der Waals surface area contributed by atoms with Crippen LogP contribution in [0.1, 0.15) is 54.6 Å². The molecule has 1 saturated carbocycles. The molecule has 29 heavy (non-hydrogen) atoms. The molecule has 0 aliphatic heterocycles. The number of aryl methyl sites for hydroxylation is 2. The number of nitrogens with one attached hydrogen (secondary N) is 1. The van der Waals surface area contributed by atoms with Gasteiger partial charge in [0, 0.05) is 34.8 Å². The fourth-order valence-corrected chi connectivity index (χ4v) is 4.66. The molecule has 0 bridgehead atoms. The van der Waals surface area contributed by atoms with Gasteiger partial charge >= 0.3 is 0 Å². The van der Waals surface area contributed by atoms with Crippen LogP contribution < -0.4 is 5.32 Å². The van der Waals surface area contributed by atoms with Gasteiger partial charge in [0.1, 0.15) is 6.33 Å². The predicted octanol–water partition coefficient (Wildman–Crippen LogP) is 3.96. The molecule has 0 radical (unpaired) electrons. The summed E-state index contributed by atoms with van der Waals surface area (Å²) in [5.74, 6) is 0.669. The summed E-state index contributed by atoms with van der Waals surface area (Å²) in [7, 11) is 0. The molecule has 0 spiro atoms. The SMILES string of the molecule is Cc1nc2ncnn2c(C)c1CCC(=O)NCC1(c2ccc(Cl)cc2)CCCC1. The molecule has 1 aliphatic rings. The van der Waals surface area contributed by atoms with Gasteiger partial charge in [-0.05, 0) is 56.4 Å². The van der Waals surface area contributed by atoms with Gasteiger partial charge in [0.05, 0.1) is 0 Å². The van der Waals surface area contributed by atoms with Gasteiger partial charge in [0.25, 0.3) is 5.78 Å². The van der Waals surface area contributed by atoms with Crippen LogP contribution in [0.5, 0.6) is 0 Å². The van der Waals surface area contributed by atoms with Gasteiger partial charge in [0.15, 0.2) is 0 Å². The maximum atomic E-state index is 12.6. The number of carbonyl (C=O) groups is 1. The molecule has 1 fully saturated rings. The number of nitrogens with zero attached hydrogens (tertiary/aromatic N) is 4. The maximum absolute atomic E-state index is 12.6. The first-order chi connectivity index (χ1) is 14.0. The van der Waals surface area contributed by atoms with Crippen molar-refractivity contribution in [3.63, 3.8) is 0 Å². The van der Waals surface area contributed by atoms with E-state index < -0.39 is 0 Å². The number of fused-ring (bicyclic) bond motifs is 1. The second kappa shape index (κ2) is 8.11. The Morgan fingerprint density at radius 1 is 1.21 bits per heavy atom. The lowest BCUT2D eigenvalue weighted by Crippen LogP contribution is -2.39. The molecule has 1 aliphatic carbocycles. The number of amides is 1. The Kier molecular flexibility index (Phi) is 5.54. The minimum atomic E-state index is 0.0211. The highest BCUT2D eigenvalue weighted by atomic mass is 35.5. The molecule has 7 heteroatoms. The van der Waals surface area contributed by atoms with E-state index in [2.05, 4.69) is 32.5 Å². The monoisotopic (exact) mass is 411 g/mol. The summed E-state index contributed by atoms with van der Waals surface area (Å²) in [5.41, 5.74) is 4.25. The number of halogens is 1. The van der Waals surface area contributed by atoms with Crippen LogP contribution in [0.2, 0.25) is 5.02 Å². The number of carbonyl (C=O) groups excluding carboxylic acids is 1. The molecule has 0 unspecified atom stereocenters. The largest absolute Gasteiger partial charge is 0.355 e. The Morgan fingerprint density at radius 3 is 2.66 bits per heavy atom. The van der Waals surface area contributed by atoms with E-state index >= 15 is 0 Å². The minimum Gasteiger partial charge on any atom is -0.355 e. The van der Waals surface area contributed by atoms with Crippen LogP contribution in [0.4, 0.5) is 0 Å². The van der Waals surface area contributed by atoms with Crippen molar-refractivity contribution in [2.24, 2.45) is 0 Å². The lowest BCUT2D eigenvalue weighted by Gasteiger charge is -2.30. The molecule has 2 heterocycles. The van der Waals surface area contributed by atoms with Crippen molar-refractivity contribution in [1.29, 1.82) is 0 Å². The zero-order chi connectivity index (χ0) is 20.4. The molecule has 1 aromatic carbocycles. The fraction of sp³-hybridized carbons (Fsp3) is 0.455. The van der Waals surface area contributed by atoms with Gasteiger partial charge in [0.2, 0.25) is 5.91 Å². The van der Waals surface area contributed by atoms with Crippen molar-refractivity contribution >= 4 is 23.3 Å². The number of rotatable bonds is 6. The molecule has 0 atom stereocenters. The van der Waals surface area contributed by atoms with Crippen LogP contribution in [-0.2, 0) is 16.6 Å². The van der Waals surface area contributed by atoms with E-state index in [0.29, 0.717) is 25.2 Å². The van der Waals surface area contributed by atoms with Crippen LogP contribution >= 0.6 is 11.6 Å². The standard InChI is InChI=1S/C22H26ClN5O/c1-15-19(16(2)28-21(27-15)25-14-26-28)9-10-20(29)24-13-22(11-3-4-12-22)17-5-7-18(23)8-6-17/h5-8,14H,3-4,9-13H2,1-2H3,(H,24,29). The van der Waals surface area contributed by atoms with Gasteiger partial charge in [-0.25, -0.2) is 9.50 Å². The minimum absolute atomic E-state index is 0.0211. The number of benzene rings is 1. The van der Waals surface area contributed by atoms with Crippen LogP contribution in [0.25, 0.3) is 5.78 Å². The second-order valence-electron chi connectivity index (χ2n) is 8.00. The summed E-state index contributed by atoms with van der Waals surface area (Å²) >= 11 is 6.06. The van der Waals surface area contributed by atoms with E-state index in [0.717, 1.165) is 34.8 Å². The average molecular weight is 412 g/mol. The van der Waals surface area contributed by atoms with Crippen LogP contribution in [0.15, 0.2) is 30.6 Å². The van der Waals surface area contributed by atoms with Crippen molar-refractivity contribution in [1.82, 2.24) is 24.9 Å². The predicted molar refractivity (Wildman–Crippen MR) is 113 cm³/mol. The fourth-order valence-electron chi connectivity index (χ4n) is 4.53. The third-order valence-electron chi connectivity index (χ3n) is 6.23. The van der Waals surface area contributed by atoms with Crippen LogP contribution in [0.3, 0.4) is 0 Å². The molecule has 4 rings (SSSR count). The first-order valence-corrected chi connectivity index (χ1v) is 10.5. The highest BCUT2D eigenvalue weighted by Gasteiger charge is 2.35. The van der Waals surface area contributed by atoms with Crippen LogP contribution in [0, 0.1) is 13.8 Å². The summed E-state index contributed by atoms with van der Waals surface area (Å²) in [5, 5.41) is 8.16. The molecule has 152 valence electrons. The maximum Gasteiger partial charge on any atom is 0.252 e. The van der Waals surface area contributed by atoms with Gasteiger partial charge in [-0.3, -0.25) is 4.79 Å². The third-order valence-corrected chi connectivity index (χ3v) is 6.48. The normalized spacial score (nSPS) is 15.7. The van der Waals surface area contributed by atoms with E-state index in [1.54, 1.807) is 4.52 Å². The smallest absolute Gasteiger partial charge is 0.252 e. The van der Waals surface area contributed by atoms with Crippen molar-refractivity contribution in [2.45, 2.75) is 57.8 Å². The molecular weight excluding hydrogens is 386 g/mol. The molecular formula is C22H26ClN5O. The van der Waals surface area contributed by atoms with E-state index in [-0.39, 0.29) is 11.3 Å². The highest BCUT2D eigenvalue weighted by Crippen LogP contribution is 2.41. The molecule has 3 aromatic rings. The van der Waals surface area contributed by atoms with Crippen molar-refractivity contribution in [3.8, 4) is 0 Å². The molecule has 0 saturated heterocycles. The zero-order valence-corrected chi connectivity index (χ0v) is 17.7. The summed E-state index contributed by atoms with van der Waals surface area (Å²) in [6.07, 6.45) is 7.16. The Hall–Kier alpha value is -2.47. The first kappa shape index (κ1) is 19.8. The van der Waals surface area contributed by atoms with Gasteiger partial charge in [-0.2, -0.15) is 10.1 Å². The lowest BCUT2D eigenvalue weighted by molar-refractivity contribution is -0.121. The zero-order valence-electron chi connectivity index (χ0n) is 16.9. The Labute approximate surface area is 175 Å². The molecule has 2 aromatic heterocycles. The van der Waals surface area contributed by atoms with Crippen LogP contribution in [-0.4, -0.2) is 32.0 Å². The average Bonchev–Trinajstić information content (AvgIpc) is 3.37. The topological polar surface area (TPSA) is 72.2 Å². The second-order valence-corrected chi connectivity index (χ2v) is 8.44. The van der Waals surface area contributed by atoms with Crippen molar-refractivity contribution < 1.29 is 4.79 Å². The Morgan fingerprint density at radius 2 is 1.93 bits per heavy atom. The van der Waals surface area contributed by atoms with E-state index in [9.17, 15) is 4.79 Å². The Balaban J connectivity index is 1.41. The van der Waals surface area contributed by atoms with Gasteiger partial charge < -0.3 is 5.32 Å². The van der Waals surface area contributed by atoms with Crippen molar-refractivity contribution in [2.75, 3.05) is 6.54 Å². The summed E-state index contributed by atoms with van der Waals surface area (Å²) in [4.78, 5) is 21.3. The van der Waals surface area contributed by atoms with Gasteiger partial charge in [-0.1, -0.05) is 36.6 Å². The number of hydrogen-bond donors (Lipinski definition) is 1. The number of hydrogen-bond acceptors (Lipinski definition) is 4. The van der Waals surface area contributed by atoms with Crippen molar-refractivity contribution in [3.05, 3.63) is 58.1 Å². The van der Waals surface area contributed by atoms with E-state index in [4.69, 9.17) is 11.6 Å². The number of aromatic nitrogens is 4. The Bertz CT molecular complexity index is 1020. The quantitative estimate of drug-likeness (QED) is 0.666. The first-order valence-electron chi connectivity index (χ1n) is 10.2.